The first-order valence-electron chi connectivity index (χ1n) is 9.26. The molecule has 4 rings (SSSR count). The predicted molar refractivity (Wildman–Crippen MR) is 90.2 cm³/mol. The number of nitrogens with two attached hydrogens (primary N) is 1. The Kier molecular flexibility index (Phi) is 4.99. The normalized spacial score (nSPS) is 21.6. The minimum atomic E-state index is -4.65. The number of hydrogen-bond acceptors (Lipinski definition) is 4. The van der Waals surface area contributed by atoms with Crippen molar-refractivity contribution in [3.63, 3.8) is 0 Å². The van der Waals surface area contributed by atoms with Gasteiger partial charge in [-0.2, -0.15) is 13.2 Å². The standard InChI is InChI=1S/C18H17F6N5O/c19-11-6-13(21)12(20)4-8(11)3-9(25)5-15(30)29-10-1-2-14(29)16-26-27-17(18(22,23)24)28(16)7-10/h4,6,9-10,14H,1-3,5,7,25H2/t9-,10-,14-/m1/s1. The maximum Gasteiger partial charge on any atom is 0.451 e. The van der Waals surface area contributed by atoms with E-state index in [2.05, 4.69) is 10.2 Å². The van der Waals surface area contributed by atoms with Crippen LogP contribution in [0.3, 0.4) is 0 Å². The van der Waals surface area contributed by atoms with Crippen molar-refractivity contribution in [3.05, 3.63) is 46.8 Å². The van der Waals surface area contributed by atoms with Crippen LogP contribution in [0.1, 0.15) is 42.5 Å². The molecule has 0 saturated carbocycles. The number of alkyl halides is 3. The predicted octanol–water partition coefficient (Wildman–Crippen LogP) is 2.72. The second kappa shape index (κ2) is 7.25. The van der Waals surface area contributed by atoms with E-state index in [1.54, 1.807) is 0 Å². The molecule has 2 bridgehead atoms. The first-order valence-corrected chi connectivity index (χ1v) is 9.26. The summed E-state index contributed by atoms with van der Waals surface area (Å²) in [5.74, 6) is -4.95. The van der Waals surface area contributed by atoms with Gasteiger partial charge < -0.3 is 15.2 Å². The molecule has 2 N–H and O–H groups in total. The highest BCUT2D eigenvalue weighted by atomic mass is 19.4. The van der Waals surface area contributed by atoms with Crippen LogP contribution in [-0.2, 0) is 23.9 Å². The van der Waals surface area contributed by atoms with Crippen molar-refractivity contribution in [2.24, 2.45) is 5.73 Å². The van der Waals surface area contributed by atoms with Crippen LogP contribution in [0.5, 0.6) is 0 Å². The summed E-state index contributed by atoms with van der Waals surface area (Å²) in [5, 5.41) is 6.89. The van der Waals surface area contributed by atoms with Gasteiger partial charge in [0.1, 0.15) is 5.82 Å². The van der Waals surface area contributed by atoms with Crippen molar-refractivity contribution in [1.82, 2.24) is 19.7 Å². The molecule has 1 amide bonds. The van der Waals surface area contributed by atoms with Gasteiger partial charge in [0.15, 0.2) is 17.5 Å². The fourth-order valence-corrected chi connectivity index (χ4v) is 4.26. The lowest BCUT2D eigenvalue weighted by molar-refractivity contribution is -0.148. The Morgan fingerprint density at radius 3 is 2.53 bits per heavy atom. The number of carbonyl (C=O) groups excluding carboxylic acids is 1. The Bertz CT molecular complexity index is 990. The summed E-state index contributed by atoms with van der Waals surface area (Å²) >= 11 is 0. The van der Waals surface area contributed by atoms with Gasteiger partial charge >= 0.3 is 6.18 Å². The van der Waals surface area contributed by atoms with E-state index < -0.39 is 53.5 Å². The molecule has 30 heavy (non-hydrogen) atoms. The van der Waals surface area contributed by atoms with Crippen molar-refractivity contribution in [2.75, 3.05) is 0 Å². The third kappa shape index (κ3) is 3.53. The molecule has 6 nitrogen and oxygen atoms in total. The lowest BCUT2D eigenvalue weighted by atomic mass is 10.0. The van der Waals surface area contributed by atoms with Crippen LogP contribution in [0, 0.1) is 17.5 Å². The number of halogens is 6. The molecular formula is C18H17F6N5O. The molecule has 1 aromatic carbocycles. The van der Waals surface area contributed by atoms with Gasteiger partial charge in [0.05, 0.1) is 12.1 Å². The van der Waals surface area contributed by atoms with E-state index in [0.717, 1.165) is 4.57 Å². The highest BCUT2D eigenvalue weighted by molar-refractivity contribution is 5.78. The van der Waals surface area contributed by atoms with E-state index in [4.69, 9.17) is 5.73 Å². The number of amides is 1. The van der Waals surface area contributed by atoms with Gasteiger partial charge in [-0.15, -0.1) is 10.2 Å². The van der Waals surface area contributed by atoms with Crippen molar-refractivity contribution >= 4 is 5.91 Å². The Hall–Kier alpha value is -2.63. The molecule has 1 fully saturated rings. The van der Waals surface area contributed by atoms with Gasteiger partial charge in [0.2, 0.25) is 11.7 Å². The van der Waals surface area contributed by atoms with E-state index in [1.165, 1.54) is 4.90 Å². The molecule has 12 heteroatoms. The molecule has 2 aliphatic rings. The number of fused-ring (bicyclic) bond motifs is 4. The summed E-state index contributed by atoms with van der Waals surface area (Å²) in [6, 6.07) is -0.885. The topological polar surface area (TPSA) is 77.0 Å². The van der Waals surface area contributed by atoms with E-state index in [0.29, 0.717) is 25.0 Å². The fraction of sp³-hybridized carbons (Fsp3) is 0.500. The first-order chi connectivity index (χ1) is 14.1. The van der Waals surface area contributed by atoms with Crippen LogP contribution in [0.25, 0.3) is 0 Å². The van der Waals surface area contributed by atoms with Crippen molar-refractivity contribution in [3.8, 4) is 0 Å². The molecule has 3 heterocycles. The van der Waals surface area contributed by atoms with Crippen LogP contribution < -0.4 is 5.73 Å². The van der Waals surface area contributed by atoms with Crippen molar-refractivity contribution < 1.29 is 31.1 Å². The van der Waals surface area contributed by atoms with E-state index in [1.807, 2.05) is 0 Å². The molecule has 2 aliphatic heterocycles. The summed E-state index contributed by atoms with van der Waals surface area (Å²) in [5.41, 5.74) is 5.76. The molecule has 1 aromatic heterocycles. The number of nitrogens with zero attached hydrogens (tertiary/aromatic N) is 4. The number of aromatic nitrogens is 3. The SMILES string of the molecule is N[C@@H](CC(=O)N1[C@@H]2CC[C@@H]1c1nnc(C(F)(F)F)n1C2)Cc1cc(F)c(F)cc1F. The molecule has 0 unspecified atom stereocenters. The van der Waals surface area contributed by atoms with Crippen LogP contribution in [0.15, 0.2) is 12.1 Å². The first kappa shape index (κ1) is 20.6. The molecule has 0 spiro atoms. The maximum atomic E-state index is 13.8. The Labute approximate surface area is 166 Å². The Morgan fingerprint density at radius 1 is 1.13 bits per heavy atom. The fourth-order valence-electron chi connectivity index (χ4n) is 4.26. The van der Waals surface area contributed by atoms with Crippen LogP contribution in [0.2, 0.25) is 0 Å². The lowest BCUT2D eigenvalue weighted by Gasteiger charge is -2.36. The third-order valence-electron chi connectivity index (χ3n) is 5.52. The quantitative estimate of drug-likeness (QED) is 0.594. The molecule has 3 atom stereocenters. The molecular weight excluding hydrogens is 416 g/mol. The van der Waals surface area contributed by atoms with Gasteiger partial charge in [-0.25, -0.2) is 13.2 Å². The molecule has 0 aliphatic carbocycles. The maximum absolute atomic E-state index is 13.8. The summed E-state index contributed by atoms with van der Waals surface area (Å²) in [6.07, 6.45) is -4.13. The van der Waals surface area contributed by atoms with Gasteiger partial charge in [-0.1, -0.05) is 0 Å². The zero-order valence-corrected chi connectivity index (χ0v) is 15.5. The Balaban J connectivity index is 1.48. The van der Waals surface area contributed by atoms with Crippen molar-refractivity contribution in [1.29, 1.82) is 0 Å². The second-order valence-corrected chi connectivity index (χ2v) is 7.56. The lowest BCUT2D eigenvalue weighted by Crippen LogP contribution is -2.46. The highest BCUT2D eigenvalue weighted by Gasteiger charge is 2.48. The minimum absolute atomic E-state index is 0.0737. The molecule has 162 valence electrons. The summed E-state index contributed by atoms with van der Waals surface area (Å²) in [6.45, 7) is -0.0769. The molecule has 2 aromatic rings. The summed E-state index contributed by atoms with van der Waals surface area (Å²) < 4.78 is 80.5. The van der Waals surface area contributed by atoms with Gasteiger partial charge in [-0.05, 0) is 30.9 Å². The number of rotatable bonds is 4. The molecule has 0 radical (unpaired) electrons. The largest absolute Gasteiger partial charge is 0.451 e. The van der Waals surface area contributed by atoms with Gasteiger partial charge in [-0.3, -0.25) is 4.79 Å². The Morgan fingerprint density at radius 2 is 1.83 bits per heavy atom. The zero-order chi connectivity index (χ0) is 21.8. The number of hydrogen-bond donors (Lipinski definition) is 1. The minimum Gasteiger partial charge on any atom is -0.328 e. The van der Waals surface area contributed by atoms with Crippen molar-refractivity contribution in [2.45, 2.75) is 56.5 Å². The van der Waals surface area contributed by atoms with E-state index in [9.17, 15) is 31.1 Å². The average Bonchev–Trinajstić information content (AvgIpc) is 3.21. The van der Waals surface area contributed by atoms with Crippen LogP contribution in [-0.4, -0.2) is 37.7 Å². The van der Waals surface area contributed by atoms with Gasteiger partial charge in [0, 0.05) is 25.1 Å². The monoisotopic (exact) mass is 433 g/mol. The smallest absolute Gasteiger partial charge is 0.328 e. The average molecular weight is 433 g/mol. The van der Waals surface area contributed by atoms with Gasteiger partial charge in [0.25, 0.3) is 0 Å². The van der Waals surface area contributed by atoms with Crippen LogP contribution >= 0.6 is 0 Å². The summed E-state index contributed by atoms with van der Waals surface area (Å²) in [4.78, 5) is 14.3. The summed E-state index contributed by atoms with van der Waals surface area (Å²) in [7, 11) is 0. The number of benzene rings is 1. The second-order valence-electron chi connectivity index (χ2n) is 7.56. The third-order valence-corrected chi connectivity index (χ3v) is 5.52. The molecule has 1 saturated heterocycles. The zero-order valence-electron chi connectivity index (χ0n) is 15.5. The van der Waals surface area contributed by atoms with E-state index >= 15 is 0 Å². The number of carbonyl (C=O) groups is 1. The van der Waals surface area contributed by atoms with E-state index in [-0.39, 0.29) is 30.8 Å². The van der Waals surface area contributed by atoms with Crippen LogP contribution in [0.4, 0.5) is 26.3 Å². The highest BCUT2D eigenvalue weighted by Crippen LogP contribution is 2.43.